The number of halogens is 1. The summed E-state index contributed by atoms with van der Waals surface area (Å²) < 4.78 is 6.67. The van der Waals surface area contributed by atoms with Gasteiger partial charge in [-0.3, -0.25) is 4.79 Å². The Balaban J connectivity index is 1.69. The number of fused-ring (bicyclic) bond motifs is 1. The van der Waals surface area contributed by atoms with Gasteiger partial charge >= 0.3 is 5.97 Å². The molecule has 3 N–H and O–H groups in total. The topological polar surface area (TPSA) is 105 Å². The van der Waals surface area contributed by atoms with Gasteiger partial charge < -0.3 is 20.5 Å². The summed E-state index contributed by atoms with van der Waals surface area (Å²) in [5, 5.41) is 19.9. The first-order valence-corrected chi connectivity index (χ1v) is 9.34. The number of hydrogen-bond donors (Lipinski definition) is 3. The standard InChI is InChI=1S/C21H17ClN4O4/c1-30-15-7-5-14(6-8-15)24-20(27)16-11-23-26-18(12-3-2-4-13(22)9-12)10-17(21(28)29)25-19(16)26/h2-11,18,25H,1H3,(H,24,27)(H,28,29)/t18-/m0/s1. The molecule has 0 radical (unpaired) electrons. The molecule has 1 aromatic heterocycles. The molecular formula is C21H17ClN4O4. The largest absolute Gasteiger partial charge is 0.497 e. The third-order valence-corrected chi connectivity index (χ3v) is 4.88. The molecule has 152 valence electrons. The molecule has 1 amide bonds. The summed E-state index contributed by atoms with van der Waals surface area (Å²) in [5.74, 6) is -0.620. The average Bonchev–Trinajstić information content (AvgIpc) is 3.17. The average molecular weight is 425 g/mol. The van der Waals surface area contributed by atoms with Crippen LogP contribution in [-0.4, -0.2) is 33.9 Å². The van der Waals surface area contributed by atoms with Gasteiger partial charge in [-0.05, 0) is 48.0 Å². The first kappa shape index (κ1) is 19.5. The zero-order valence-electron chi connectivity index (χ0n) is 15.8. The minimum Gasteiger partial charge on any atom is -0.497 e. The molecule has 9 heteroatoms. The number of nitrogens with zero attached hydrogens (tertiary/aromatic N) is 2. The molecule has 1 atom stereocenters. The van der Waals surface area contributed by atoms with Crippen molar-refractivity contribution < 1.29 is 19.4 Å². The van der Waals surface area contributed by atoms with Crippen LogP contribution in [0.2, 0.25) is 5.02 Å². The number of hydrogen-bond acceptors (Lipinski definition) is 5. The number of carbonyl (C=O) groups excluding carboxylic acids is 1. The molecule has 0 spiro atoms. The quantitative estimate of drug-likeness (QED) is 0.575. The summed E-state index contributed by atoms with van der Waals surface area (Å²) in [5.41, 5.74) is 1.47. The highest BCUT2D eigenvalue weighted by Gasteiger charge is 2.29. The van der Waals surface area contributed by atoms with E-state index < -0.39 is 17.9 Å². The molecule has 1 aliphatic heterocycles. The second kappa shape index (κ2) is 7.92. The lowest BCUT2D eigenvalue weighted by Gasteiger charge is -2.24. The van der Waals surface area contributed by atoms with Crippen LogP contribution in [0.1, 0.15) is 22.0 Å². The Bertz CT molecular complexity index is 1150. The third kappa shape index (κ3) is 3.72. The van der Waals surface area contributed by atoms with Crippen molar-refractivity contribution in [3.8, 4) is 5.75 Å². The molecule has 8 nitrogen and oxygen atoms in total. The molecule has 0 bridgehead atoms. The summed E-state index contributed by atoms with van der Waals surface area (Å²) in [7, 11) is 1.56. The Morgan fingerprint density at radius 3 is 2.67 bits per heavy atom. The molecule has 2 heterocycles. The number of benzene rings is 2. The number of carbonyl (C=O) groups is 2. The van der Waals surface area contributed by atoms with Crippen molar-refractivity contribution in [2.45, 2.75) is 6.04 Å². The van der Waals surface area contributed by atoms with Crippen LogP contribution < -0.4 is 15.4 Å². The van der Waals surface area contributed by atoms with Crippen molar-refractivity contribution >= 4 is 35.0 Å². The van der Waals surface area contributed by atoms with Crippen LogP contribution in [-0.2, 0) is 4.79 Å². The summed E-state index contributed by atoms with van der Waals surface area (Å²) in [4.78, 5) is 24.5. The molecule has 0 saturated carbocycles. The van der Waals surface area contributed by atoms with Crippen molar-refractivity contribution in [3.05, 3.63) is 82.7 Å². The summed E-state index contributed by atoms with van der Waals surface area (Å²) in [6, 6.07) is 13.4. The number of methoxy groups -OCH3 is 1. The molecule has 0 fully saturated rings. The minimum absolute atomic E-state index is 0.0496. The fourth-order valence-electron chi connectivity index (χ4n) is 3.19. The Kier molecular flexibility index (Phi) is 5.16. The third-order valence-electron chi connectivity index (χ3n) is 4.65. The Morgan fingerprint density at radius 1 is 1.23 bits per heavy atom. The fourth-order valence-corrected chi connectivity index (χ4v) is 3.39. The van der Waals surface area contributed by atoms with E-state index in [1.807, 2.05) is 6.07 Å². The van der Waals surface area contributed by atoms with Gasteiger partial charge in [-0.25, -0.2) is 9.48 Å². The van der Waals surface area contributed by atoms with Gasteiger partial charge in [0, 0.05) is 10.7 Å². The van der Waals surface area contributed by atoms with E-state index in [1.54, 1.807) is 54.3 Å². The molecule has 2 aromatic carbocycles. The van der Waals surface area contributed by atoms with E-state index in [2.05, 4.69) is 15.7 Å². The van der Waals surface area contributed by atoms with Crippen molar-refractivity contribution in [2.24, 2.45) is 0 Å². The van der Waals surface area contributed by atoms with E-state index >= 15 is 0 Å². The predicted molar refractivity (Wildman–Crippen MR) is 112 cm³/mol. The number of aliphatic carboxylic acids is 1. The number of carboxylic acid groups (broad SMARTS) is 1. The SMILES string of the molecule is COc1ccc(NC(=O)c2cnn3c2NC(C(=O)O)=C[C@H]3c2cccc(Cl)c2)cc1. The zero-order valence-corrected chi connectivity index (χ0v) is 16.6. The highest BCUT2D eigenvalue weighted by Crippen LogP contribution is 2.33. The molecule has 0 unspecified atom stereocenters. The highest BCUT2D eigenvalue weighted by molar-refractivity contribution is 6.30. The normalized spacial score (nSPS) is 14.9. The lowest BCUT2D eigenvalue weighted by Crippen LogP contribution is -2.25. The number of allylic oxidation sites excluding steroid dienone is 1. The van der Waals surface area contributed by atoms with Gasteiger partial charge in [-0.1, -0.05) is 23.7 Å². The van der Waals surface area contributed by atoms with Crippen molar-refractivity contribution in [1.29, 1.82) is 0 Å². The second-order valence-electron chi connectivity index (χ2n) is 6.54. The molecule has 4 rings (SSSR count). The van der Waals surface area contributed by atoms with Gasteiger partial charge in [0.15, 0.2) is 0 Å². The first-order valence-electron chi connectivity index (χ1n) is 8.97. The van der Waals surface area contributed by atoms with Crippen LogP contribution >= 0.6 is 11.6 Å². The maximum absolute atomic E-state index is 12.9. The van der Waals surface area contributed by atoms with Gasteiger partial charge in [0.1, 0.15) is 22.8 Å². The van der Waals surface area contributed by atoms with E-state index in [4.69, 9.17) is 16.3 Å². The summed E-state index contributed by atoms with van der Waals surface area (Å²) >= 11 is 6.10. The molecule has 0 saturated heterocycles. The predicted octanol–water partition coefficient (Wildman–Crippen LogP) is 3.78. The maximum Gasteiger partial charge on any atom is 0.352 e. The molecular weight excluding hydrogens is 408 g/mol. The number of carboxylic acids is 1. The minimum atomic E-state index is -1.14. The lowest BCUT2D eigenvalue weighted by atomic mass is 10.0. The number of nitrogens with one attached hydrogen (secondary N) is 2. The monoisotopic (exact) mass is 424 g/mol. The zero-order chi connectivity index (χ0) is 21.3. The fraction of sp³-hybridized carbons (Fsp3) is 0.0952. The van der Waals surface area contributed by atoms with Crippen LogP contribution in [0.4, 0.5) is 11.5 Å². The van der Waals surface area contributed by atoms with Gasteiger partial charge in [0.05, 0.1) is 19.3 Å². The van der Waals surface area contributed by atoms with Crippen LogP contribution in [0.5, 0.6) is 5.75 Å². The molecule has 0 aliphatic carbocycles. The molecule has 30 heavy (non-hydrogen) atoms. The van der Waals surface area contributed by atoms with E-state index in [9.17, 15) is 14.7 Å². The second-order valence-corrected chi connectivity index (χ2v) is 6.98. The smallest absolute Gasteiger partial charge is 0.352 e. The van der Waals surface area contributed by atoms with Crippen LogP contribution in [0, 0.1) is 0 Å². The van der Waals surface area contributed by atoms with Crippen molar-refractivity contribution in [1.82, 2.24) is 9.78 Å². The van der Waals surface area contributed by atoms with E-state index in [0.29, 0.717) is 16.5 Å². The van der Waals surface area contributed by atoms with Crippen LogP contribution in [0.3, 0.4) is 0 Å². The summed E-state index contributed by atoms with van der Waals surface area (Å²) in [6.07, 6.45) is 2.93. The van der Waals surface area contributed by atoms with Crippen molar-refractivity contribution in [2.75, 3.05) is 17.7 Å². The Morgan fingerprint density at radius 2 is 2.00 bits per heavy atom. The number of amides is 1. The van der Waals surface area contributed by atoms with Gasteiger partial charge in [0.25, 0.3) is 5.91 Å². The summed E-state index contributed by atoms with van der Waals surface area (Å²) in [6.45, 7) is 0. The van der Waals surface area contributed by atoms with Gasteiger partial charge in [-0.15, -0.1) is 0 Å². The van der Waals surface area contributed by atoms with Gasteiger partial charge in [-0.2, -0.15) is 5.10 Å². The van der Waals surface area contributed by atoms with E-state index in [-0.39, 0.29) is 17.1 Å². The number of aromatic nitrogens is 2. The Labute approximate surface area is 176 Å². The number of ether oxygens (including phenoxy) is 1. The van der Waals surface area contributed by atoms with E-state index in [1.165, 1.54) is 12.3 Å². The van der Waals surface area contributed by atoms with Crippen molar-refractivity contribution in [3.63, 3.8) is 0 Å². The lowest BCUT2D eigenvalue weighted by molar-refractivity contribution is -0.132. The number of rotatable bonds is 5. The maximum atomic E-state index is 12.9. The number of anilines is 2. The molecule has 1 aliphatic rings. The van der Waals surface area contributed by atoms with E-state index in [0.717, 1.165) is 5.56 Å². The van der Waals surface area contributed by atoms with Crippen LogP contribution in [0.25, 0.3) is 0 Å². The highest BCUT2D eigenvalue weighted by atomic mass is 35.5. The van der Waals surface area contributed by atoms with Crippen LogP contribution in [0.15, 0.2) is 66.5 Å². The van der Waals surface area contributed by atoms with Gasteiger partial charge in [0.2, 0.25) is 0 Å². The Hall–Kier alpha value is -3.78. The molecule has 3 aromatic rings. The first-order chi connectivity index (χ1) is 14.5.